The van der Waals surface area contributed by atoms with Crippen molar-refractivity contribution >= 4 is 52.0 Å². The van der Waals surface area contributed by atoms with E-state index in [2.05, 4.69) is 0 Å². The summed E-state index contributed by atoms with van der Waals surface area (Å²) in [7, 11) is 3.99. The smallest absolute Gasteiger partial charge is 0.298 e. The summed E-state index contributed by atoms with van der Waals surface area (Å²) < 4.78 is 1.98. The van der Waals surface area contributed by atoms with E-state index in [9.17, 15) is 9.59 Å². The first-order valence-corrected chi connectivity index (χ1v) is 10.1. The molecule has 2 aromatic carbocycles. The van der Waals surface area contributed by atoms with Crippen molar-refractivity contribution in [2.75, 3.05) is 23.9 Å². The Morgan fingerprint density at radius 3 is 2.24 bits per heavy atom. The zero-order valence-corrected chi connectivity index (χ0v) is 17.4. The molecule has 1 aromatic heterocycles. The molecule has 0 atom stereocenters. The summed E-state index contributed by atoms with van der Waals surface area (Å²) >= 11 is 6.84. The molecule has 4 rings (SSSR count). The standard InChI is InChI=1S/C22H18ClN3O2S/c1-24(2)16-9-11-17(12-10-16)25-13-3-4-19(25)14-20-21(27)26(22(28)29-20)18-7-5-15(23)6-8-18/h3-14H,1-2H3/b20-14+. The molecule has 0 unspecified atom stereocenters. The Bertz CT molecular complexity index is 1100. The van der Waals surface area contributed by atoms with E-state index in [1.807, 2.05) is 66.2 Å². The van der Waals surface area contributed by atoms with Crippen LogP contribution in [-0.4, -0.2) is 29.8 Å². The number of thioether (sulfide) groups is 1. The van der Waals surface area contributed by atoms with Crippen molar-refractivity contribution in [2.24, 2.45) is 0 Å². The number of anilines is 2. The molecule has 1 fully saturated rings. The van der Waals surface area contributed by atoms with Crippen LogP contribution in [0.25, 0.3) is 11.8 Å². The fourth-order valence-electron chi connectivity index (χ4n) is 3.07. The number of hydrogen-bond acceptors (Lipinski definition) is 4. The molecule has 29 heavy (non-hydrogen) atoms. The average Bonchev–Trinajstić information content (AvgIpc) is 3.27. The summed E-state index contributed by atoms with van der Waals surface area (Å²) in [6.07, 6.45) is 3.68. The maximum absolute atomic E-state index is 12.9. The van der Waals surface area contributed by atoms with Gasteiger partial charge in [-0.3, -0.25) is 9.59 Å². The lowest BCUT2D eigenvalue weighted by atomic mass is 10.2. The van der Waals surface area contributed by atoms with Gasteiger partial charge in [0, 0.05) is 42.4 Å². The minimum absolute atomic E-state index is 0.322. The number of carbonyl (C=O) groups excluding carboxylic acids is 2. The second kappa shape index (κ2) is 7.81. The van der Waals surface area contributed by atoms with Gasteiger partial charge in [-0.05, 0) is 78.5 Å². The van der Waals surface area contributed by atoms with Gasteiger partial charge >= 0.3 is 0 Å². The molecule has 3 aromatic rings. The van der Waals surface area contributed by atoms with Crippen molar-refractivity contribution in [1.82, 2.24) is 4.57 Å². The first-order valence-electron chi connectivity index (χ1n) is 8.93. The molecule has 5 nitrogen and oxygen atoms in total. The van der Waals surface area contributed by atoms with Gasteiger partial charge < -0.3 is 9.47 Å². The number of hydrogen-bond donors (Lipinski definition) is 0. The van der Waals surface area contributed by atoms with Crippen LogP contribution in [0.3, 0.4) is 0 Å². The van der Waals surface area contributed by atoms with Crippen LogP contribution in [0, 0.1) is 0 Å². The average molecular weight is 424 g/mol. The van der Waals surface area contributed by atoms with Crippen molar-refractivity contribution in [2.45, 2.75) is 0 Å². The van der Waals surface area contributed by atoms with Gasteiger partial charge in [0.1, 0.15) is 0 Å². The Morgan fingerprint density at radius 1 is 0.931 bits per heavy atom. The molecule has 7 heteroatoms. The molecule has 0 bridgehead atoms. The Morgan fingerprint density at radius 2 is 1.59 bits per heavy atom. The van der Waals surface area contributed by atoms with Crippen LogP contribution >= 0.6 is 23.4 Å². The van der Waals surface area contributed by atoms with E-state index in [0.29, 0.717) is 15.6 Å². The highest BCUT2D eigenvalue weighted by Crippen LogP contribution is 2.36. The SMILES string of the molecule is CN(C)c1ccc(-n2cccc2/C=C2/SC(=O)N(c3ccc(Cl)cc3)C2=O)cc1. The number of carbonyl (C=O) groups is 2. The molecule has 1 aliphatic heterocycles. The number of aromatic nitrogens is 1. The van der Waals surface area contributed by atoms with Gasteiger partial charge in [0.2, 0.25) is 0 Å². The highest BCUT2D eigenvalue weighted by Gasteiger charge is 2.36. The van der Waals surface area contributed by atoms with E-state index < -0.39 is 0 Å². The zero-order valence-electron chi connectivity index (χ0n) is 15.9. The molecule has 146 valence electrons. The van der Waals surface area contributed by atoms with Crippen LogP contribution in [0.2, 0.25) is 5.02 Å². The van der Waals surface area contributed by atoms with Crippen LogP contribution in [0.5, 0.6) is 0 Å². The van der Waals surface area contributed by atoms with Gasteiger partial charge in [-0.15, -0.1) is 0 Å². The summed E-state index contributed by atoms with van der Waals surface area (Å²) in [6, 6.07) is 18.6. The van der Waals surface area contributed by atoms with Crippen molar-refractivity contribution in [1.29, 1.82) is 0 Å². The van der Waals surface area contributed by atoms with Crippen molar-refractivity contribution < 1.29 is 9.59 Å². The number of halogens is 1. The third-order valence-electron chi connectivity index (χ3n) is 4.58. The maximum Gasteiger partial charge on any atom is 0.298 e. The van der Waals surface area contributed by atoms with E-state index >= 15 is 0 Å². The van der Waals surface area contributed by atoms with Gasteiger partial charge in [0.05, 0.1) is 10.6 Å². The fourth-order valence-corrected chi connectivity index (χ4v) is 4.03. The second-order valence-electron chi connectivity index (χ2n) is 6.71. The van der Waals surface area contributed by atoms with Crippen molar-refractivity contribution in [3.05, 3.63) is 82.5 Å². The first-order chi connectivity index (χ1) is 13.9. The summed E-state index contributed by atoms with van der Waals surface area (Å²) in [5.41, 5.74) is 3.41. The zero-order chi connectivity index (χ0) is 20.5. The molecule has 1 saturated heterocycles. The minimum atomic E-state index is -0.335. The van der Waals surface area contributed by atoms with Crippen LogP contribution in [-0.2, 0) is 4.79 Å². The van der Waals surface area contributed by atoms with Crippen LogP contribution in [0.1, 0.15) is 5.69 Å². The van der Waals surface area contributed by atoms with E-state index in [1.165, 1.54) is 4.90 Å². The Balaban J connectivity index is 1.64. The van der Waals surface area contributed by atoms with Gasteiger partial charge in [-0.1, -0.05) is 11.6 Å². The van der Waals surface area contributed by atoms with E-state index in [-0.39, 0.29) is 11.1 Å². The maximum atomic E-state index is 12.9. The van der Waals surface area contributed by atoms with E-state index in [4.69, 9.17) is 11.6 Å². The summed E-state index contributed by atoms with van der Waals surface area (Å²) in [5.74, 6) is -0.335. The van der Waals surface area contributed by atoms with Gasteiger partial charge in [-0.25, -0.2) is 4.90 Å². The van der Waals surface area contributed by atoms with Gasteiger partial charge in [-0.2, -0.15) is 0 Å². The largest absolute Gasteiger partial charge is 0.378 e. The third kappa shape index (κ3) is 3.81. The Labute approximate surface area is 178 Å². The van der Waals surface area contributed by atoms with Gasteiger partial charge in [0.15, 0.2) is 0 Å². The lowest BCUT2D eigenvalue weighted by Gasteiger charge is -2.14. The summed E-state index contributed by atoms with van der Waals surface area (Å²) in [6.45, 7) is 0. The quantitative estimate of drug-likeness (QED) is 0.524. The second-order valence-corrected chi connectivity index (χ2v) is 8.14. The minimum Gasteiger partial charge on any atom is -0.378 e. The highest BCUT2D eigenvalue weighted by molar-refractivity contribution is 8.19. The topological polar surface area (TPSA) is 45.6 Å². The number of benzene rings is 2. The van der Waals surface area contributed by atoms with E-state index in [0.717, 1.165) is 28.8 Å². The highest BCUT2D eigenvalue weighted by atomic mass is 35.5. The third-order valence-corrected chi connectivity index (χ3v) is 5.70. The number of imide groups is 1. The molecule has 0 spiro atoms. The summed E-state index contributed by atoms with van der Waals surface area (Å²) in [4.78, 5) is 28.9. The normalized spacial score (nSPS) is 15.4. The molecule has 0 radical (unpaired) electrons. The van der Waals surface area contributed by atoms with Crippen molar-refractivity contribution in [3.63, 3.8) is 0 Å². The first kappa shape index (κ1) is 19.4. The predicted octanol–water partition coefficient (Wildman–Crippen LogP) is 5.44. The monoisotopic (exact) mass is 423 g/mol. The molecule has 0 N–H and O–H groups in total. The molecule has 1 aliphatic rings. The molecule has 0 saturated carbocycles. The molecule has 0 aliphatic carbocycles. The lowest BCUT2D eigenvalue weighted by Crippen LogP contribution is -2.27. The Kier molecular flexibility index (Phi) is 5.22. The summed E-state index contributed by atoms with van der Waals surface area (Å²) in [5, 5.41) is 0.228. The lowest BCUT2D eigenvalue weighted by molar-refractivity contribution is -0.113. The fraction of sp³-hybridized carbons (Fsp3) is 0.0909. The van der Waals surface area contributed by atoms with Gasteiger partial charge in [0.25, 0.3) is 11.1 Å². The van der Waals surface area contributed by atoms with Crippen LogP contribution < -0.4 is 9.80 Å². The molecular formula is C22H18ClN3O2S. The van der Waals surface area contributed by atoms with Crippen molar-refractivity contribution in [3.8, 4) is 5.69 Å². The molecular weight excluding hydrogens is 406 g/mol. The van der Waals surface area contributed by atoms with Crippen LogP contribution in [0.4, 0.5) is 16.2 Å². The predicted molar refractivity (Wildman–Crippen MR) is 120 cm³/mol. The Hall–Kier alpha value is -2.96. The number of amides is 2. The van der Waals surface area contributed by atoms with Crippen LogP contribution in [0.15, 0.2) is 71.8 Å². The molecule has 2 heterocycles. The molecule has 2 amide bonds. The van der Waals surface area contributed by atoms with E-state index in [1.54, 1.807) is 30.3 Å². The number of rotatable bonds is 4. The number of nitrogens with zero attached hydrogens (tertiary/aromatic N) is 3.